The number of aliphatic hydroxyl groups excluding tert-OH is 4. The maximum Gasteiger partial charge on any atom is 0.148 e. The van der Waals surface area contributed by atoms with Gasteiger partial charge in [0.2, 0.25) is 0 Å². The van der Waals surface area contributed by atoms with Gasteiger partial charge in [0.25, 0.3) is 0 Å². The summed E-state index contributed by atoms with van der Waals surface area (Å²) in [5.41, 5.74) is 0. The van der Waals surface area contributed by atoms with Crippen LogP contribution in [0.3, 0.4) is 0 Å². The van der Waals surface area contributed by atoms with E-state index in [4.69, 9.17) is 4.74 Å². The second kappa shape index (κ2) is 14.6. The average molecular weight is 545 g/mol. The molecule has 4 N–H and O–H groups in total. The third-order valence-electron chi connectivity index (χ3n) is 5.38. The Morgan fingerprint density at radius 2 is 1.21 bits per heavy atom. The Kier molecular flexibility index (Phi) is 14.5. The first-order chi connectivity index (χ1) is 15.4. The van der Waals surface area contributed by atoms with Crippen molar-refractivity contribution < 1.29 is 38.9 Å². The van der Waals surface area contributed by atoms with Crippen molar-refractivity contribution in [1.82, 2.24) is 0 Å². The summed E-state index contributed by atoms with van der Waals surface area (Å²) in [7, 11) is -9.25. The van der Waals surface area contributed by atoms with Crippen LogP contribution in [0.2, 0.25) is 0 Å². The zero-order chi connectivity index (χ0) is 26.9. The van der Waals surface area contributed by atoms with Gasteiger partial charge in [0, 0.05) is 31.1 Å². The van der Waals surface area contributed by atoms with Crippen molar-refractivity contribution in [1.29, 1.82) is 0 Å². The van der Waals surface area contributed by atoms with Crippen molar-refractivity contribution in [2.45, 2.75) is 78.3 Å². The second-order valence-corrected chi connectivity index (χ2v) is 20.2. The Labute approximate surface area is 206 Å². The summed E-state index contributed by atoms with van der Waals surface area (Å²) in [6, 6.07) is 0. The van der Waals surface area contributed by atoms with Crippen molar-refractivity contribution in [2.75, 3.05) is 37.9 Å². The fourth-order valence-electron chi connectivity index (χ4n) is 4.12. The average Bonchev–Trinajstić information content (AvgIpc) is 2.68. The van der Waals surface area contributed by atoms with Gasteiger partial charge < -0.3 is 38.9 Å². The van der Waals surface area contributed by atoms with Gasteiger partial charge >= 0.3 is 0 Å². The predicted molar refractivity (Wildman–Crippen MR) is 141 cm³/mol. The number of hydrogen-bond acceptors (Lipinski definition) is 8. The highest BCUT2D eigenvalue weighted by molar-refractivity contribution is 7.73. The lowest BCUT2D eigenvalue weighted by Crippen LogP contribution is -2.46. The van der Waals surface area contributed by atoms with Gasteiger partial charge in [-0.25, -0.2) is 0 Å². The first-order valence-corrected chi connectivity index (χ1v) is 18.6. The zero-order valence-electron chi connectivity index (χ0n) is 22.0. The van der Waals surface area contributed by atoms with Gasteiger partial charge in [-0.3, -0.25) is 0 Å². The van der Waals surface area contributed by atoms with E-state index in [1.807, 2.05) is 13.6 Å². The number of ether oxygens (including phenoxy) is 1. The molecule has 1 rings (SSSR count). The fourth-order valence-corrected chi connectivity index (χ4v) is 14.7. The fraction of sp³-hybridized carbons (Fsp3) is 0.913. The van der Waals surface area contributed by atoms with E-state index >= 15 is 0 Å². The summed E-state index contributed by atoms with van der Waals surface area (Å²) in [4.78, 5) is 0. The van der Waals surface area contributed by atoms with E-state index in [0.717, 1.165) is 6.16 Å². The van der Waals surface area contributed by atoms with Crippen LogP contribution in [0.1, 0.15) is 54.9 Å². The van der Waals surface area contributed by atoms with E-state index in [1.165, 1.54) is 0 Å². The van der Waals surface area contributed by atoms with Crippen LogP contribution in [0.4, 0.5) is 0 Å². The SMILES string of the molecule is CC(C)CP1(=O)C(O)C(O)P(=O)(CC(C)C)C(O)C1O.CCOC#CCCP(C)(=O)CC(C)C. The van der Waals surface area contributed by atoms with Crippen LogP contribution in [0.15, 0.2) is 0 Å². The molecule has 11 heteroatoms. The molecule has 0 aromatic carbocycles. The summed E-state index contributed by atoms with van der Waals surface area (Å²) >= 11 is 0. The van der Waals surface area contributed by atoms with Crippen LogP contribution in [0.5, 0.6) is 0 Å². The quantitative estimate of drug-likeness (QED) is 0.248. The maximum absolute atomic E-state index is 12.8. The van der Waals surface area contributed by atoms with Gasteiger partial charge in [-0.05, 0) is 31.3 Å². The molecule has 1 saturated heterocycles. The Hall–Kier alpha value is -0.110. The van der Waals surface area contributed by atoms with Crippen LogP contribution in [-0.2, 0) is 18.4 Å². The number of hydrogen-bond donors (Lipinski definition) is 4. The van der Waals surface area contributed by atoms with E-state index in [1.54, 1.807) is 27.7 Å². The molecule has 1 aliphatic rings. The summed E-state index contributed by atoms with van der Waals surface area (Å²) in [5.74, 6) is -3.78. The molecule has 0 aliphatic carbocycles. The maximum atomic E-state index is 12.8. The minimum absolute atomic E-state index is 0.00880. The Bertz CT molecular complexity index is 751. The summed E-state index contributed by atoms with van der Waals surface area (Å²) < 4.78 is 42.3. The molecule has 0 spiro atoms. The van der Waals surface area contributed by atoms with E-state index in [2.05, 4.69) is 25.9 Å². The van der Waals surface area contributed by atoms with Gasteiger partial charge in [-0.2, -0.15) is 0 Å². The molecule has 1 heterocycles. The minimum atomic E-state index is -3.65. The third kappa shape index (κ3) is 10.1. The van der Waals surface area contributed by atoms with Crippen molar-refractivity contribution in [3.63, 3.8) is 0 Å². The van der Waals surface area contributed by atoms with Crippen molar-refractivity contribution >= 4 is 21.4 Å². The summed E-state index contributed by atoms with van der Waals surface area (Å²) in [6.07, 6.45) is 4.79. The molecule has 0 radical (unpaired) electrons. The molecule has 0 amide bonds. The summed E-state index contributed by atoms with van der Waals surface area (Å²) in [6.45, 7) is 15.6. The largest absolute Gasteiger partial charge is 0.447 e. The van der Waals surface area contributed by atoms with E-state index < -0.39 is 44.8 Å². The molecule has 5 atom stereocenters. The van der Waals surface area contributed by atoms with Gasteiger partial charge in [0.1, 0.15) is 43.8 Å². The van der Waals surface area contributed by atoms with Crippen molar-refractivity contribution in [3.8, 4) is 12.0 Å². The van der Waals surface area contributed by atoms with E-state index in [-0.39, 0.29) is 24.2 Å². The van der Waals surface area contributed by atoms with Crippen LogP contribution in [0, 0.1) is 29.8 Å². The molecule has 5 unspecified atom stereocenters. The topological polar surface area (TPSA) is 141 Å². The van der Waals surface area contributed by atoms with Gasteiger partial charge in [-0.15, -0.1) is 0 Å². The summed E-state index contributed by atoms with van der Waals surface area (Å²) in [5, 5.41) is 40.5. The lowest BCUT2D eigenvalue weighted by molar-refractivity contribution is 0.0616. The minimum Gasteiger partial charge on any atom is -0.447 e. The molecule has 202 valence electrons. The first kappa shape index (κ1) is 33.9. The molecule has 0 aromatic rings. The highest BCUT2D eigenvalue weighted by Crippen LogP contribution is 2.72. The van der Waals surface area contributed by atoms with E-state index in [0.29, 0.717) is 25.1 Å². The second-order valence-electron chi connectivity index (χ2n) is 10.6. The van der Waals surface area contributed by atoms with Crippen LogP contribution in [-0.4, -0.2) is 81.7 Å². The Morgan fingerprint density at radius 1 is 0.824 bits per heavy atom. The Morgan fingerprint density at radius 3 is 1.50 bits per heavy atom. The highest BCUT2D eigenvalue weighted by atomic mass is 31.2. The van der Waals surface area contributed by atoms with Crippen molar-refractivity contribution in [2.24, 2.45) is 17.8 Å². The lowest BCUT2D eigenvalue weighted by Gasteiger charge is -2.45. The van der Waals surface area contributed by atoms with Gasteiger partial charge in [-0.1, -0.05) is 47.5 Å². The van der Waals surface area contributed by atoms with Crippen molar-refractivity contribution in [3.05, 3.63) is 0 Å². The van der Waals surface area contributed by atoms with Gasteiger partial charge in [0.05, 0.1) is 13.7 Å². The molecule has 0 bridgehead atoms. The number of aliphatic hydroxyl groups is 4. The Balaban J connectivity index is 0.000000686. The molecule has 0 saturated carbocycles. The predicted octanol–water partition coefficient (Wildman–Crippen LogP) is 4.33. The molecule has 34 heavy (non-hydrogen) atoms. The molecular formula is C23H47O8P3. The monoisotopic (exact) mass is 544 g/mol. The zero-order valence-corrected chi connectivity index (χ0v) is 24.7. The third-order valence-corrected chi connectivity index (χ3v) is 15.8. The van der Waals surface area contributed by atoms with Crippen LogP contribution >= 0.6 is 21.4 Å². The van der Waals surface area contributed by atoms with Gasteiger partial charge in [0.15, 0.2) is 0 Å². The standard InChI is InChI=1S/C12H26O6P2.C11H21O2P/c1-7(2)5-19(17)9(13)11(15)20(18,6-8(3)4)12(16)10(19)14;1-5-13-8-6-7-9-14(4,12)10-11(2)3/h7-16H,5-6H2,1-4H3;11H,5,7,9-10H2,1-4H3. The molecule has 1 aliphatic heterocycles. The van der Waals surface area contributed by atoms with E-state index in [9.17, 15) is 34.1 Å². The van der Waals surface area contributed by atoms with Crippen LogP contribution < -0.4 is 0 Å². The highest BCUT2D eigenvalue weighted by Gasteiger charge is 2.61. The number of rotatable bonds is 9. The smallest absolute Gasteiger partial charge is 0.148 e. The molecule has 0 aromatic heterocycles. The van der Waals surface area contributed by atoms with Crippen LogP contribution in [0.25, 0.3) is 0 Å². The normalized spacial score (nSPS) is 33.0. The first-order valence-electron chi connectivity index (χ1n) is 12.0. The molecular weight excluding hydrogens is 497 g/mol. The molecule has 1 fully saturated rings. The molecule has 8 nitrogen and oxygen atoms in total. The lowest BCUT2D eigenvalue weighted by atomic mass is 10.3.